The number of hydrogen-bond donors (Lipinski definition) is 5. The van der Waals surface area contributed by atoms with Crippen molar-refractivity contribution in [3.05, 3.63) is 10.6 Å². The van der Waals surface area contributed by atoms with Crippen LogP contribution in [0.4, 0.5) is 0 Å². The highest BCUT2D eigenvalue weighted by molar-refractivity contribution is 8.03. The van der Waals surface area contributed by atoms with E-state index in [0.29, 0.717) is 23.6 Å². The molecular formula is C19H31N5O7S2. The van der Waals surface area contributed by atoms with Crippen LogP contribution in [-0.4, -0.2) is 91.3 Å². The molecule has 6 atom stereocenters. The standard InChI is InChI=1S/C19H31N5O7S2/c1-5-21-33(29,30)22-8-13(23-31-4)12-6-11(7-20-12)32-17-9(2)15-14(10(3)25)18(26)24(15)16(17)19(27)28/h9-12,14-15,20-22,25H,5-8H2,1-4H3,(H,27,28)/b23-13+/t9-,10-,11+,12+,14-,15-/m1/s1. The average Bonchev–Trinajstić information content (AvgIpc) is 3.27. The number of nitrogens with zero attached hydrogens (tertiary/aromatic N) is 2. The number of rotatable bonds is 11. The quantitative estimate of drug-likeness (QED) is 0.135. The van der Waals surface area contributed by atoms with E-state index in [4.69, 9.17) is 4.84 Å². The molecule has 5 N–H and O–H groups in total. The van der Waals surface area contributed by atoms with Crippen molar-refractivity contribution < 1.29 is 33.1 Å². The Balaban J connectivity index is 1.70. The molecule has 0 aromatic rings. The van der Waals surface area contributed by atoms with Crippen LogP contribution < -0.4 is 14.8 Å². The van der Waals surface area contributed by atoms with Gasteiger partial charge < -0.3 is 25.3 Å². The summed E-state index contributed by atoms with van der Waals surface area (Å²) in [6.07, 6.45) is -0.283. The second-order valence-corrected chi connectivity index (χ2v) is 11.2. The van der Waals surface area contributed by atoms with Gasteiger partial charge in [0.25, 0.3) is 10.2 Å². The van der Waals surface area contributed by atoms with Gasteiger partial charge in [-0.25, -0.2) is 9.52 Å². The van der Waals surface area contributed by atoms with Crippen molar-refractivity contribution in [2.24, 2.45) is 17.0 Å². The average molecular weight is 506 g/mol. The minimum atomic E-state index is -3.65. The van der Waals surface area contributed by atoms with Crippen LogP contribution in [0, 0.1) is 11.8 Å². The number of aliphatic hydroxyl groups excluding tert-OH is 1. The SMILES string of the molecule is CCNS(=O)(=O)NC/C(=N\OC)[C@@H]1C[C@H](SC2=C(C(=O)O)N3C(=O)[C@H]([C@@H](C)O)[C@H]3[C@H]2C)CN1. The largest absolute Gasteiger partial charge is 0.477 e. The minimum absolute atomic E-state index is 0.00738. The van der Waals surface area contributed by atoms with E-state index in [9.17, 15) is 28.2 Å². The lowest BCUT2D eigenvalue weighted by Crippen LogP contribution is -2.63. The number of aliphatic hydroxyl groups is 1. The molecule has 3 aliphatic rings. The van der Waals surface area contributed by atoms with E-state index in [-0.39, 0.29) is 47.9 Å². The van der Waals surface area contributed by atoms with Crippen LogP contribution in [0.1, 0.15) is 27.2 Å². The number of carboxylic acids is 1. The molecule has 0 saturated carbocycles. The van der Waals surface area contributed by atoms with Crippen molar-refractivity contribution in [2.45, 2.75) is 50.6 Å². The van der Waals surface area contributed by atoms with Crippen molar-refractivity contribution in [1.29, 1.82) is 0 Å². The monoisotopic (exact) mass is 505 g/mol. The molecule has 2 saturated heterocycles. The lowest BCUT2D eigenvalue weighted by atomic mass is 9.79. The Morgan fingerprint density at radius 3 is 2.70 bits per heavy atom. The molecule has 12 nitrogen and oxygen atoms in total. The Bertz CT molecular complexity index is 952. The lowest BCUT2D eigenvalue weighted by molar-refractivity contribution is -0.163. The van der Waals surface area contributed by atoms with Gasteiger partial charge >= 0.3 is 5.97 Å². The fourth-order valence-electron chi connectivity index (χ4n) is 4.65. The second kappa shape index (κ2) is 10.3. The van der Waals surface area contributed by atoms with Crippen LogP contribution in [0.2, 0.25) is 0 Å². The van der Waals surface area contributed by atoms with E-state index in [1.54, 1.807) is 13.8 Å². The number of fused-ring (bicyclic) bond motifs is 1. The number of thioether (sulfide) groups is 1. The molecule has 0 aliphatic carbocycles. The molecule has 186 valence electrons. The summed E-state index contributed by atoms with van der Waals surface area (Å²) in [6.45, 7) is 5.85. The highest BCUT2D eigenvalue weighted by Gasteiger charge is 2.60. The number of aliphatic carboxylic acids is 1. The lowest BCUT2D eigenvalue weighted by Gasteiger charge is -2.46. The van der Waals surface area contributed by atoms with Crippen molar-refractivity contribution in [1.82, 2.24) is 19.7 Å². The second-order valence-electron chi connectivity index (χ2n) is 8.30. The fraction of sp³-hybridized carbons (Fsp3) is 0.737. The zero-order chi connectivity index (χ0) is 24.5. The Morgan fingerprint density at radius 1 is 1.42 bits per heavy atom. The van der Waals surface area contributed by atoms with Gasteiger partial charge in [-0.3, -0.25) is 4.79 Å². The summed E-state index contributed by atoms with van der Waals surface area (Å²) in [5.41, 5.74) is 0.467. The number of carbonyl (C=O) groups excluding carboxylic acids is 1. The minimum Gasteiger partial charge on any atom is -0.477 e. The zero-order valence-corrected chi connectivity index (χ0v) is 20.6. The van der Waals surface area contributed by atoms with Gasteiger partial charge in [-0.2, -0.15) is 13.1 Å². The van der Waals surface area contributed by atoms with Crippen molar-refractivity contribution in [3.8, 4) is 0 Å². The van der Waals surface area contributed by atoms with Crippen LogP contribution >= 0.6 is 11.8 Å². The number of β-lactam (4-membered cyclic amide) rings is 1. The molecule has 0 aromatic heterocycles. The molecule has 0 unspecified atom stereocenters. The first-order valence-corrected chi connectivity index (χ1v) is 13.1. The molecule has 0 radical (unpaired) electrons. The Morgan fingerprint density at radius 2 is 2.12 bits per heavy atom. The summed E-state index contributed by atoms with van der Waals surface area (Å²) in [6, 6.07) is -0.622. The molecule has 0 bridgehead atoms. The third-order valence-corrected chi connectivity index (χ3v) is 8.79. The maximum absolute atomic E-state index is 12.5. The Kier molecular flexibility index (Phi) is 8.07. The maximum atomic E-state index is 12.5. The van der Waals surface area contributed by atoms with Crippen molar-refractivity contribution in [2.75, 3.05) is 26.7 Å². The van der Waals surface area contributed by atoms with Crippen LogP contribution in [0.5, 0.6) is 0 Å². The predicted molar refractivity (Wildman–Crippen MR) is 122 cm³/mol. The van der Waals surface area contributed by atoms with E-state index in [0.717, 1.165) is 0 Å². The number of carbonyl (C=O) groups is 2. The summed E-state index contributed by atoms with van der Waals surface area (Å²) < 4.78 is 28.6. The first-order chi connectivity index (χ1) is 15.5. The van der Waals surface area contributed by atoms with Gasteiger partial charge in [-0.15, -0.1) is 11.8 Å². The van der Waals surface area contributed by atoms with Gasteiger partial charge in [0.1, 0.15) is 12.8 Å². The molecular weight excluding hydrogens is 474 g/mol. The molecule has 3 rings (SSSR count). The van der Waals surface area contributed by atoms with Gasteiger partial charge in [0.05, 0.1) is 36.4 Å². The number of carboxylic acid groups (broad SMARTS) is 1. The number of oxime groups is 1. The highest BCUT2D eigenvalue weighted by atomic mass is 32.2. The fourth-order valence-corrected chi connectivity index (χ4v) is 6.95. The number of amides is 1. The third-order valence-electron chi connectivity index (χ3n) is 6.08. The Hall–Kier alpha value is -1.71. The normalized spacial score (nSPS) is 30.9. The molecule has 0 spiro atoms. The summed E-state index contributed by atoms with van der Waals surface area (Å²) >= 11 is 1.41. The van der Waals surface area contributed by atoms with Crippen LogP contribution in [0.3, 0.4) is 0 Å². The Labute approximate surface area is 197 Å². The molecule has 3 heterocycles. The highest BCUT2D eigenvalue weighted by Crippen LogP contribution is 2.51. The third kappa shape index (κ3) is 5.20. The van der Waals surface area contributed by atoms with Crippen molar-refractivity contribution >= 4 is 39.6 Å². The van der Waals surface area contributed by atoms with Gasteiger partial charge in [0.15, 0.2) is 0 Å². The summed E-state index contributed by atoms with van der Waals surface area (Å²) in [7, 11) is -2.27. The molecule has 2 fully saturated rings. The molecule has 1 amide bonds. The summed E-state index contributed by atoms with van der Waals surface area (Å²) in [4.78, 5) is 31.3. The van der Waals surface area contributed by atoms with E-state index < -0.39 is 28.2 Å². The number of hydrogen-bond acceptors (Lipinski definition) is 9. The van der Waals surface area contributed by atoms with E-state index in [2.05, 4.69) is 19.9 Å². The van der Waals surface area contributed by atoms with Gasteiger partial charge in [0, 0.05) is 29.2 Å². The van der Waals surface area contributed by atoms with E-state index in [1.165, 1.54) is 23.8 Å². The summed E-state index contributed by atoms with van der Waals surface area (Å²) in [5.74, 6) is -2.34. The zero-order valence-electron chi connectivity index (χ0n) is 18.9. The molecule has 14 heteroatoms. The first-order valence-electron chi connectivity index (χ1n) is 10.7. The molecule has 33 heavy (non-hydrogen) atoms. The molecule has 0 aromatic carbocycles. The van der Waals surface area contributed by atoms with E-state index in [1.807, 2.05) is 6.92 Å². The van der Waals surface area contributed by atoms with Crippen LogP contribution in [0.25, 0.3) is 0 Å². The summed E-state index contributed by atoms with van der Waals surface area (Å²) in [5, 5.41) is 27.0. The van der Waals surface area contributed by atoms with E-state index >= 15 is 0 Å². The van der Waals surface area contributed by atoms with Crippen molar-refractivity contribution in [3.63, 3.8) is 0 Å². The maximum Gasteiger partial charge on any atom is 0.353 e. The topological polar surface area (TPSA) is 170 Å². The van der Waals surface area contributed by atoms with Gasteiger partial charge in [-0.05, 0) is 13.3 Å². The van der Waals surface area contributed by atoms with Crippen LogP contribution in [0.15, 0.2) is 15.8 Å². The van der Waals surface area contributed by atoms with Gasteiger partial charge in [-0.1, -0.05) is 19.0 Å². The molecule has 3 aliphatic heterocycles. The van der Waals surface area contributed by atoms with Gasteiger partial charge in [0.2, 0.25) is 5.91 Å². The smallest absolute Gasteiger partial charge is 0.353 e. The van der Waals surface area contributed by atoms with Crippen LogP contribution in [-0.2, 0) is 24.6 Å². The number of nitrogens with one attached hydrogen (secondary N) is 3. The predicted octanol–water partition coefficient (Wildman–Crippen LogP) is -0.950. The first kappa shape index (κ1) is 25.9.